The van der Waals surface area contributed by atoms with Crippen molar-refractivity contribution in [2.45, 2.75) is 7.43 Å². The summed E-state index contributed by atoms with van der Waals surface area (Å²) in [7, 11) is 0. The van der Waals surface area contributed by atoms with Crippen LogP contribution in [0, 0.1) is 0 Å². The smallest absolute Gasteiger partial charge is 0.309 e. The standard InChI is InChI=1S/CH4N2O.CH4.Co/c2-1(3)4;;/h(H4,2,3,4);1H4;. The Morgan fingerprint density at radius 3 is 1.33 bits per heavy atom. The van der Waals surface area contributed by atoms with Crippen molar-refractivity contribution in [2.75, 3.05) is 0 Å². The van der Waals surface area contributed by atoms with Crippen LogP contribution in [-0.4, -0.2) is 6.03 Å². The van der Waals surface area contributed by atoms with E-state index < -0.39 is 6.03 Å². The Morgan fingerprint density at radius 2 is 1.33 bits per heavy atom. The largest absolute Gasteiger partial charge is 0.352 e. The Hall–Kier alpha value is -0.224. The summed E-state index contributed by atoms with van der Waals surface area (Å²) in [4.78, 5) is 9.00. The molecule has 4 heteroatoms. The molecule has 0 spiro atoms. The average molecular weight is 135 g/mol. The van der Waals surface area contributed by atoms with Gasteiger partial charge in [-0.1, -0.05) is 7.43 Å². The van der Waals surface area contributed by atoms with Gasteiger partial charge in [-0.2, -0.15) is 0 Å². The van der Waals surface area contributed by atoms with Crippen molar-refractivity contribution in [2.24, 2.45) is 11.5 Å². The second-order valence-electron chi connectivity index (χ2n) is 0.402. The molecule has 0 heterocycles. The minimum absolute atomic E-state index is 0. The van der Waals surface area contributed by atoms with Crippen LogP contribution in [0.1, 0.15) is 7.43 Å². The fraction of sp³-hybridized carbons (Fsp3) is 0.500. The number of nitrogens with two attached hydrogens (primary N) is 2. The number of carbonyl (C=O) groups is 1. The van der Waals surface area contributed by atoms with Crippen molar-refractivity contribution >= 4 is 6.03 Å². The van der Waals surface area contributed by atoms with Crippen LogP contribution < -0.4 is 11.5 Å². The van der Waals surface area contributed by atoms with Crippen molar-refractivity contribution in [3.05, 3.63) is 0 Å². The van der Waals surface area contributed by atoms with Crippen molar-refractivity contribution in [3.63, 3.8) is 0 Å². The van der Waals surface area contributed by atoms with Gasteiger partial charge in [0.2, 0.25) is 0 Å². The van der Waals surface area contributed by atoms with Gasteiger partial charge in [0.25, 0.3) is 0 Å². The molecule has 1 radical (unpaired) electrons. The molecule has 6 heavy (non-hydrogen) atoms. The Balaban J connectivity index is -0.0000000450. The fourth-order valence-electron chi connectivity index (χ4n) is 0. The van der Waals surface area contributed by atoms with Crippen LogP contribution in [0.5, 0.6) is 0 Å². The summed E-state index contributed by atoms with van der Waals surface area (Å²) in [5.74, 6) is 0. The normalized spacial score (nSPS) is 4.00. The molecule has 4 N–H and O–H groups in total. The Morgan fingerprint density at radius 1 is 1.33 bits per heavy atom. The molecule has 0 saturated heterocycles. The van der Waals surface area contributed by atoms with Crippen LogP contribution in [0.3, 0.4) is 0 Å². The summed E-state index contributed by atoms with van der Waals surface area (Å²) in [6.45, 7) is 0. The molecule has 0 aliphatic rings. The average Bonchev–Trinajstić information content (AvgIpc) is 0.811. The Kier molecular flexibility index (Phi) is 25.2. The van der Waals surface area contributed by atoms with Gasteiger partial charge >= 0.3 is 6.03 Å². The molecular weight excluding hydrogens is 127 g/mol. The first-order valence-electron chi connectivity index (χ1n) is 0.781. The number of amides is 2. The van der Waals surface area contributed by atoms with Crippen molar-refractivity contribution in [3.8, 4) is 0 Å². The molecule has 0 aromatic carbocycles. The van der Waals surface area contributed by atoms with E-state index in [4.69, 9.17) is 4.79 Å². The Bertz CT molecular complexity index is 34.5. The van der Waals surface area contributed by atoms with Gasteiger partial charge in [0, 0.05) is 16.8 Å². The molecule has 0 saturated carbocycles. The van der Waals surface area contributed by atoms with Crippen molar-refractivity contribution in [1.82, 2.24) is 0 Å². The van der Waals surface area contributed by atoms with Gasteiger partial charge < -0.3 is 11.5 Å². The molecule has 0 aromatic rings. The van der Waals surface area contributed by atoms with Gasteiger partial charge in [-0.25, -0.2) is 4.79 Å². The molecule has 0 aliphatic carbocycles. The number of hydrogen-bond donors (Lipinski definition) is 2. The SMILES string of the molecule is C.NC(N)=O.[Co]. The zero-order valence-corrected chi connectivity index (χ0v) is 3.44. The zero-order valence-electron chi connectivity index (χ0n) is 2.40. The third kappa shape index (κ3) is 583. The second-order valence-corrected chi connectivity index (χ2v) is 0.402. The monoisotopic (exact) mass is 135 g/mol. The molecule has 0 aromatic heterocycles. The van der Waals surface area contributed by atoms with E-state index >= 15 is 0 Å². The minimum atomic E-state index is -0.833. The molecule has 0 rings (SSSR count). The quantitative estimate of drug-likeness (QED) is 0.468. The second kappa shape index (κ2) is 8.84. The number of primary amides is 2. The predicted molar refractivity (Wildman–Crippen MR) is 20.5 cm³/mol. The topological polar surface area (TPSA) is 69.1 Å². The van der Waals surface area contributed by atoms with Crippen LogP contribution in [-0.2, 0) is 16.8 Å². The number of carbonyl (C=O) groups excluding carboxylic acids is 1. The molecule has 0 atom stereocenters. The molecule has 2 amide bonds. The van der Waals surface area contributed by atoms with Crippen LogP contribution in [0.15, 0.2) is 0 Å². The summed E-state index contributed by atoms with van der Waals surface area (Å²) in [5.41, 5.74) is 8.50. The van der Waals surface area contributed by atoms with Crippen LogP contribution in [0.4, 0.5) is 4.79 Å². The van der Waals surface area contributed by atoms with E-state index in [1.165, 1.54) is 0 Å². The van der Waals surface area contributed by atoms with Crippen molar-refractivity contribution in [1.29, 1.82) is 0 Å². The summed E-state index contributed by atoms with van der Waals surface area (Å²) >= 11 is 0. The molecule has 0 unspecified atom stereocenters. The first-order chi connectivity index (χ1) is 1.73. The van der Waals surface area contributed by atoms with E-state index in [1.807, 2.05) is 0 Å². The number of hydrogen-bond acceptors (Lipinski definition) is 1. The van der Waals surface area contributed by atoms with Crippen LogP contribution >= 0.6 is 0 Å². The van der Waals surface area contributed by atoms with Gasteiger partial charge in [-0.15, -0.1) is 0 Å². The van der Waals surface area contributed by atoms with Gasteiger partial charge in [-0.05, 0) is 0 Å². The molecule has 0 fully saturated rings. The summed E-state index contributed by atoms with van der Waals surface area (Å²) in [5, 5.41) is 0. The third-order valence-electron chi connectivity index (χ3n) is 0. The van der Waals surface area contributed by atoms with E-state index in [-0.39, 0.29) is 24.2 Å². The molecule has 0 aliphatic heterocycles. The maximum atomic E-state index is 9.00. The first kappa shape index (κ1) is 17.1. The van der Waals surface area contributed by atoms with E-state index in [9.17, 15) is 0 Å². The van der Waals surface area contributed by atoms with E-state index in [1.54, 1.807) is 0 Å². The van der Waals surface area contributed by atoms with Crippen LogP contribution in [0.25, 0.3) is 0 Å². The minimum Gasteiger partial charge on any atom is -0.352 e. The molecule has 0 bridgehead atoms. The zero-order chi connectivity index (χ0) is 3.58. The van der Waals surface area contributed by atoms with Gasteiger partial charge in [0.15, 0.2) is 0 Å². The van der Waals surface area contributed by atoms with Gasteiger partial charge in [0.05, 0.1) is 0 Å². The van der Waals surface area contributed by atoms with Crippen LogP contribution in [0.2, 0.25) is 0 Å². The number of urea groups is 1. The first-order valence-corrected chi connectivity index (χ1v) is 0.781. The maximum Gasteiger partial charge on any atom is 0.309 e. The van der Waals surface area contributed by atoms with E-state index in [0.29, 0.717) is 0 Å². The molecule has 3 nitrogen and oxygen atoms in total. The predicted octanol–water partition coefficient (Wildman–Crippen LogP) is -0.343. The van der Waals surface area contributed by atoms with Gasteiger partial charge in [-0.3, -0.25) is 0 Å². The summed E-state index contributed by atoms with van der Waals surface area (Å²) < 4.78 is 0. The number of rotatable bonds is 0. The van der Waals surface area contributed by atoms with Crippen molar-refractivity contribution < 1.29 is 21.6 Å². The maximum absolute atomic E-state index is 9.00. The summed E-state index contributed by atoms with van der Waals surface area (Å²) in [6.07, 6.45) is 0. The summed E-state index contributed by atoms with van der Waals surface area (Å²) in [6, 6.07) is -0.833. The fourth-order valence-corrected chi connectivity index (χ4v) is 0. The van der Waals surface area contributed by atoms with Gasteiger partial charge in [0.1, 0.15) is 0 Å². The molecule has 41 valence electrons. The third-order valence-corrected chi connectivity index (χ3v) is 0. The Labute approximate surface area is 47.3 Å². The molecular formula is C2H8CoN2O. The van der Waals surface area contributed by atoms with E-state index in [2.05, 4.69) is 11.5 Å². The van der Waals surface area contributed by atoms with E-state index in [0.717, 1.165) is 0 Å².